The van der Waals surface area contributed by atoms with Crippen LogP contribution in [0.4, 0.5) is 11.8 Å². The fraction of sp³-hybridized carbons (Fsp3) is 0.357. The average Bonchev–Trinajstić information content (AvgIpc) is 2.54. The van der Waals surface area contributed by atoms with Crippen molar-refractivity contribution in [3.8, 4) is 6.07 Å². The second kappa shape index (κ2) is 6.82. The van der Waals surface area contributed by atoms with E-state index >= 15 is 0 Å². The summed E-state index contributed by atoms with van der Waals surface area (Å²) in [6, 6.07) is 1.89. The summed E-state index contributed by atoms with van der Waals surface area (Å²) in [4.78, 5) is 36.5. The van der Waals surface area contributed by atoms with E-state index in [0.717, 1.165) is 0 Å². The predicted molar refractivity (Wildman–Crippen MR) is 91.0 cm³/mol. The first-order valence-electron chi connectivity index (χ1n) is 6.93. The zero-order valence-electron chi connectivity index (χ0n) is 14.1. The van der Waals surface area contributed by atoms with Crippen LogP contribution in [0.5, 0.6) is 0 Å². The average molecular weight is 327 g/mol. The summed E-state index contributed by atoms with van der Waals surface area (Å²) >= 11 is 0. The van der Waals surface area contributed by atoms with Gasteiger partial charge in [-0.3, -0.25) is 9.36 Å². The van der Waals surface area contributed by atoms with Crippen LogP contribution >= 0.6 is 0 Å². The van der Waals surface area contributed by atoms with E-state index in [1.165, 1.54) is 24.3 Å². The van der Waals surface area contributed by atoms with Gasteiger partial charge in [0.2, 0.25) is 5.95 Å². The van der Waals surface area contributed by atoms with Gasteiger partial charge >= 0.3 is 0 Å². The third kappa shape index (κ3) is 3.52. The number of nitriles is 1. The molecule has 0 radical (unpaired) electrons. The van der Waals surface area contributed by atoms with Crippen LogP contribution in [0.3, 0.4) is 0 Å². The Labute approximate surface area is 138 Å². The Morgan fingerprint density at radius 1 is 1.08 bits per heavy atom. The van der Waals surface area contributed by atoms with E-state index in [1.807, 2.05) is 6.07 Å². The molecule has 0 amide bonds. The summed E-state index contributed by atoms with van der Waals surface area (Å²) in [6.45, 7) is 0. The van der Waals surface area contributed by atoms with E-state index in [4.69, 9.17) is 0 Å². The topological polar surface area (TPSA) is 116 Å². The molecular weight excluding hydrogens is 310 g/mol. The number of hydrogen-bond acceptors (Lipinski definition) is 7. The quantitative estimate of drug-likeness (QED) is 0.575. The smallest absolute Gasteiger partial charge is 0.282 e. The lowest BCUT2D eigenvalue weighted by Crippen LogP contribution is -2.20. The molecule has 2 aromatic heterocycles. The van der Waals surface area contributed by atoms with E-state index < -0.39 is 5.56 Å². The molecule has 0 aromatic carbocycles. The fourth-order valence-electron chi connectivity index (χ4n) is 1.68. The molecule has 124 valence electrons. The molecule has 0 saturated heterocycles. The minimum Gasteiger partial charge on any atom is -0.369 e. The van der Waals surface area contributed by atoms with Gasteiger partial charge in [0, 0.05) is 35.2 Å². The molecule has 0 unspecified atom stereocenters. The van der Waals surface area contributed by atoms with Crippen LogP contribution in [0.25, 0.3) is 11.2 Å². The maximum atomic E-state index is 12.4. The molecule has 10 nitrogen and oxygen atoms in total. The van der Waals surface area contributed by atoms with Gasteiger partial charge in [0.1, 0.15) is 6.07 Å². The van der Waals surface area contributed by atoms with Crippen molar-refractivity contribution in [2.24, 2.45) is 17.0 Å². The Bertz CT molecular complexity index is 918. The predicted octanol–water partition coefficient (Wildman–Crippen LogP) is 0.0380. The van der Waals surface area contributed by atoms with Crippen molar-refractivity contribution >= 4 is 35.6 Å². The van der Waals surface area contributed by atoms with E-state index in [2.05, 4.69) is 24.9 Å². The van der Waals surface area contributed by atoms with Crippen molar-refractivity contribution in [1.82, 2.24) is 29.3 Å². The molecule has 0 fully saturated rings. The number of fused-ring (bicyclic) bond motifs is 1. The maximum absolute atomic E-state index is 12.4. The van der Waals surface area contributed by atoms with Gasteiger partial charge in [-0.05, 0) is 0 Å². The van der Waals surface area contributed by atoms with E-state index in [9.17, 15) is 10.1 Å². The lowest BCUT2D eigenvalue weighted by atomic mass is 10.4. The van der Waals surface area contributed by atoms with Crippen molar-refractivity contribution in [1.29, 1.82) is 5.26 Å². The first-order valence-corrected chi connectivity index (χ1v) is 6.93. The van der Waals surface area contributed by atoms with Crippen molar-refractivity contribution in [2.45, 2.75) is 0 Å². The molecular formula is C14H17N9O. The lowest BCUT2D eigenvalue weighted by Gasteiger charge is -2.07. The minimum atomic E-state index is -0.432. The second-order valence-corrected chi connectivity index (χ2v) is 5.37. The Balaban J connectivity index is 2.71. The number of aliphatic imine (C=N–C) groups is 2. The standard InChI is InChI=1S/C14H17N9O/c1-21(2)7-16-11-9(6-15)18-10-12(19-11)20-14(17-8-22(3)4)23(5)13(10)24/h7-8H,1-5H3/b16-7+,17-8+. The number of nitrogens with zero attached hydrogens (tertiary/aromatic N) is 9. The largest absolute Gasteiger partial charge is 0.369 e. The van der Waals surface area contributed by atoms with Gasteiger partial charge in [0.25, 0.3) is 5.56 Å². The molecule has 0 aliphatic carbocycles. The molecule has 0 saturated carbocycles. The van der Waals surface area contributed by atoms with E-state index in [0.29, 0.717) is 0 Å². The molecule has 0 N–H and O–H groups in total. The van der Waals surface area contributed by atoms with Gasteiger partial charge in [0.15, 0.2) is 22.7 Å². The summed E-state index contributed by atoms with van der Waals surface area (Å²) in [7, 11) is 8.70. The highest BCUT2D eigenvalue weighted by molar-refractivity contribution is 5.74. The zero-order chi connectivity index (χ0) is 17.9. The van der Waals surface area contributed by atoms with Gasteiger partial charge in [-0.15, -0.1) is 0 Å². The molecule has 2 aromatic rings. The summed E-state index contributed by atoms with van der Waals surface area (Å²) in [5.41, 5.74) is -0.377. The molecule has 2 heterocycles. The van der Waals surface area contributed by atoms with Crippen LogP contribution in [0.1, 0.15) is 5.69 Å². The van der Waals surface area contributed by atoms with Gasteiger partial charge in [-0.2, -0.15) is 10.2 Å². The fourth-order valence-corrected chi connectivity index (χ4v) is 1.68. The van der Waals surface area contributed by atoms with Crippen molar-refractivity contribution < 1.29 is 0 Å². The second-order valence-electron chi connectivity index (χ2n) is 5.37. The van der Waals surface area contributed by atoms with Gasteiger partial charge in [-0.1, -0.05) is 0 Å². The molecule has 0 aliphatic heterocycles. The van der Waals surface area contributed by atoms with Crippen LogP contribution in [-0.2, 0) is 7.05 Å². The first kappa shape index (κ1) is 17.0. The molecule has 0 bridgehead atoms. The van der Waals surface area contributed by atoms with Crippen LogP contribution in [0.2, 0.25) is 0 Å². The molecule has 0 atom stereocenters. The summed E-state index contributed by atoms with van der Waals surface area (Å²) in [5, 5.41) is 9.20. The van der Waals surface area contributed by atoms with Gasteiger partial charge in [-0.25, -0.2) is 20.0 Å². The lowest BCUT2D eigenvalue weighted by molar-refractivity contribution is 0.641. The van der Waals surface area contributed by atoms with Crippen LogP contribution in [0.15, 0.2) is 14.8 Å². The highest BCUT2D eigenvalue weighted by Gasteiger charge is 2.14. The Kier molecular flexibility index (Phi) is 4.84. The van der Waals surface area contributed by atoms with Crippen molar-refractivity contribution in [3.05, 3.63) is 16.0 Å². The zero-order valence-corrected chi connectivity index (χ0v) is 14.1. The third-order valence-corrected chi connectivity index (χ3v) is 2.79. The Morgan fingerprint density at radius 2 is 1.71 bits per heavy atom. The van der Waals surface area contributed by atoms with Crippen LogP contribution < -0.4 is 5.56 Å². The maximum Gasteiger partial charge on any atom is 0.282 e. The minimum absolute atomic E-state index is 0.00153. The molecule has 24 heavy (non-hydrogen) atoms. The molecule has 2 rings (SSSR count). The molecule has 0 spiro atoms. The van der Waals surface area contributed by atoms with Gasteiger partial charge < -0.3 is 9.80 Å². The number of aromatic nitrogens is 4. The highest BCUT2D eigenvalue weighted by Crippen LogP contribution is 2.17. The first-order chi connectivity index (χ1) is 11.3. The van der Waals surface area contributed by atoms with Crippen LogP contribution in [-0.4, -0.2) is 70.2 Å². The number of hydrogen-bond donors (Lipinski definition) is 0. The SMILES string of the molecule is CN(C)/C=N/c1nc2nc(/N=C/N(C)C)n(C)c(=O)c2nc1C#N. The summed E-state index contributed by atoms with van der Waals surface area (Å²) in [5.74, 6) is 0.282. The Hall–Kier alpha value is -3.35. The van der Waals surface area contributed by atoms with Crippen molar-refractivity contribution in [2.75, 3.05) is 28.2 Å². The molecule has 10 heteroatoms. The third-order valence-electron chi connectivity index (χ3n) is 2.79. The van der Waals surface area contributed by atoms with E-state index in [1.54, 1.807) is 38.0 Å². The van der Waals surface area contributed by atoms with Gasteiger partial charge in [0.05, 0.1) is 12.7 Å². The normalized spacial score (nSPS) is 11.3. The Morgan fingerprint density at radius 3 is 2.29 bits per heavy atom. The summed E-state index contributed by atoms with van der Waals surface area (Å²) in [6.07, 6.45) is 3.01. The van der Waals surface area contributed by atoms with Crippen molar-refractivity contribution in [3.63, 3.8) is 0 Å². The monoisotopic (exact) mass is 327 g/mol. The number of rotatable bonds is 4. The highest BCUT2D eigenvalue weighted by atomic mass is 16.1. The van der Waals surface area contributed by atoms with E-state index in [-0.39, 0.29) is 28.6 Å². The molecule has 0 aliphatic rings. The summed E-state index contributed by atoms with van der Waals surface area (Å²) < 4.78 is 1.25. The van der Waals surface area contributed by atoms with Crippen LogP contribution in [0, 0.1) is 11.3 Å².